The summed E-state index contributed by atoms with van der Waals surface area (Å²) in [6, 6.07) is 0. The summed E-state index contributed by atoms with van der Waals surface area (Å²) in [5.41, 5.74) is 5.22. The van der Waals surface area contributed by atoms with E-state index in [1.54, 1.807) is 4.57 Å². The molecule has 4 N–H and O–H groups in total. The molecule has 1 heterocycles. The number of aromatic nitrogens is 3. The Labute approximate surface area is 104 Å². The summed E-state index contributed by atoms with van der Waals surface area (Å²) in [6.07, 6.45) is 2.29. The van der Waals surface area contributed by atoms with Gasteiger partial charge in [-0.15, -0.1) is 5.10 Å². The molecule has 1 aromatic rings. The Balaban J connectivity index is 2.78. The van der Waals surface area contributed by atoms with Gasteiger partial charge in [0.15, 0.2) is 5.16 Å². The zero-order valence-electron chi connectivity index (χ0n) is 10.2. The van der Waals surface area contributed by atoms with Gasteiger partial charge in [0.05, 0.1) is 5.84 Å². The Bertz CT molecular complexity index is 425. The summed E-state index contributed by atoms with van der Waals surface area (Å²) in [7, 11) is 0. The van der Waals surface area contributed by atoms with Crippen molar-refractivity contribution in [2.75, 3.05) is 0 Å². The summed E-state index contributed by atoms with van der Waals surface area (Å²) in [5, 5.41) is 14.6. The minimum absolute atomic E-state index is 0.171. The van der Waals surface area contributed by atoms with Crippen LogP contribution in [-0.2, 0) is 6.54 Å². The number of rotatable bonds is 7. The standard InChI is InChI=1S/C10H19N5OS/c1-3-5-15-9(16)13-14-10(15)17-7(4-2)6-8(11)12/h7H,3-6H2,1-2H3,(H3,11,12)(H,13,16). The van der Waals surface area contributed by atoms with Gasteiger partial charge in [0.25, 0.3) is 0 Å². The maximum absolute atomic E-state index is 11.5. The second-order valence-electron chi connectivity index (χ2n) is 3.84. The number of nitrogens with zero attached hydrogens (tertiary/aromatic N) is 2. The van der Waals surface area contributed by atoms with Crippen LogP contribution in [0, 0.1) is 5.41 Å². The summed E-state index contributed by atoms with van der Waals surface area (Å²) in [4.78, 5) is 11.5. The quantitative estimate of drug-likeness (QED) is 0.388. The first-order chi connectivity index (χ1) is 8.08. The number of aromatic amines is 1. The van der Waals surface area contributed by atoms with Crippen LogP contribution in [0.25, 0.3) is 0 Å². The fourth-order valence-corrected chi connectivity index (χ4v) is 2.61. The van der Waals surface area contributed by atoms with Gasteiger partial charge in [0.1, 0.15) is 0 Å². The fraction of sp³-hybridized carbons (Fsp3) is 0.700. The van der Waals surface area contributed by atoms with E-state index in [-0.39, 0.29) is 16.8 Å². The summed E-state index contributed by atoms with van der Waals surface area (Å²) in [5.74, 6) is 0.171. The second-order valence-corrected chi connectivity index (χ2v) is 5.11. The largest absolute Gasteiger partial charge is 0.388 e. The maximum atomic E-state index is 11.5. The normalized spacial score (nSPS) is 12.6. The van der Waals surface area contributed by atoms with E-state index < -0.39 is 0 Å². The van der Waals surface area contributed by atoms with Crippen molar-refractivity contribution in [3.05, 3.63) is 10.5 Å². The molecule has 0 bridgehead atoms. The van der Waals surface area contributed by atoms with Gasteiger partial charge in [-0.05, 0) is 12.8 Å². The van der Waals surface area contributed by atoms with Crippen LogP contribution in [0.2, 0.25) is 0 Å². The third-order valence-electron chi connectivity index (χ3n) is 2.35. The number of thioether (sulfide) groups is 1. The Kier molecular flexibility index (Phi) is 5.27. The molecule has 0 radical (unpaired) electrons. The molecular weight excluding hydrogens is 238 g/mol. The molecule has 0 amide bonds. The number of hydrogen-bond donors (Lipinski definition) is 3. The van der Waals surface area contributed by atoms with Crippen molar-refractivity contribution in [2.45, 2.75) is 50.1 Å². The van der Waals surface area contributed by atoms with Crippen molar-refractivity contribution in [1.29, 1.82) is 5.41 Å². The molecule has 17 heavy (non-hydrogen) atoms. The van der Waals surface area contributed by atoms with Crippen LogP contribution in [0.1, 0.15) is 33.1 Å². The molecule has 1 unspecified atom stereocenters. The van der Waals surface area contributed by atoms with E-state index in [9.17, 15) is 4.79 Å². The Morgan fingerprint density at radius 2 is 2.35 bits per heavy atom. The smallest absolute Gasteiger partial charge is 0.343 e. The first-order valence-corrected chi connectivity index (χ1v) is 6.61. The highest BCUT2D eigenvalue weighted by Crippen LogP contribution is 2.24. The van der Waals surface area contributed by atoms with E-state index in [1.165, 1.54) is 11.8 Å². The third-order valence-corrected chi connectivity index (χ3v) is 3.70. The first kappa shape index (κ1) is 13.8. The number of hydrogen-bond acceptors (Lipinski definition) is 4. The molecule has 1 atom stereocenters. The predicted octanol–water partition coefficient (Wildman–Crippen LogP) is 1.18. The van der Waals surface area contributed by atoms with E-state index in [2.05, 4.69) is 10.2 Å². The lowest BCUT2D eigenvalue weighted by Gasteiger charge is -2.12. The van der Waals surface area contributed by atoms with Gasteiger partial charge in [-0.3, -0.25) is 9.98 Å². The van der Waals surface area contributed by atoms with Gasteiger partial charge in [0.2, 0.25) is 0 Å². The summed E-state index contributed by atoms with van der Waals surface area (Å²) in [6.45, 7) is 4.71. The van der Waals surface area contributed by atoms with Gasteiger partial charge in [0, 0.05) is 18.2 Å². The van der Waals surface area contributed by atoms with Gasteiger partial charge in [-0.1, -0.05) is 25.6 Å². The molecule has 96 valence electrons. The molecule has 1 aromatic heterocycles. The molecule has 0 aliphatic carbocycles. The van der Waals surface area contributed by atoms with Gasteiger partial charge in [-0.2, -0.15) is 0 Å². The van der Waals surface area contributed by atoms with Crippen LogP contribution in [-0.4, -0.2) is 25.9 Å². The molecule has 0 fully saturated rings. The number of amidine groups is 1. The van der Waals surface area contributed by atoms with Gasteiger partial charge in [-0.25, -0.2) is 9.89 Å². The number of H-pyrrole nitrogens is 1. The minimum Gasteiger partial charge on any atom is -0.388 e. The second kappa shape index (κ2) is 6.48. The van der Waals surface area contributed by atoms with Crippen LogP contribution >= 0.6 is 11.8 Å². The van der Waals surface area contributed by atoms with Crippen LogP contribution in [0.15, 0.2) is 9.95 Å². The van der Waals surface area contributed by atoms with Crippen LogP contribution in [0.5, 0.6) is 0 Å². The Hall–Kier alpha value is -1.24. The van der Waals surface area contributed by atoms with E-state index in [4.69, 9.17) is 11.1 Å². The van der Waals surface area contributed by atoms with Crippen LogP contribution in [0.3, 0.4) is 0 Å². The average Bonchev–Trinajstić information content (AvgIpc) is 2.60. The number of nitrogens with one attached hydrogen (secondary N) is 2. The Morgan fingerprint density at radius 1 is 1.65 bits per heavy atom. The highest BCUT2D eigenvalue weighted by atomic mass is 32.2. The molecule has 1 rings (SSSR count). The highest BCUT2D eigenvalue weighted by Gasteiger charge is 2.15. The predicted molar refractivity (Wildman–Crippen MR) is 69.6 cm³/mol. The molecule has 0 aromatic carbocycles. The topological polar surface area (TPSA) is 101 Å². The van der Waals surface area contributed by atoms with E-state index >= 15 is 0 Å². The van der Waals surface area contributed by atoms with E-state index in [0.717, 1.165) is 12.8 Å². The monoisotopic (exact) mass is 257 g/mol. The van der Waals surface area contributed by atoms with Gasteiger partial charge >= 0.3 is 5.69 Å². The molecule has 0 saturated heterocycles. The lowest BCUT2D eigenvalue weighted by atomic mass is 10.2. The molecular formula is C10H19N5OS. The lowest BCUT2D eigenvalue weighted by Crippen LogP contribution is -2.20. The van der Waals surface area contributed by atoms with Crippen molar-refractivity contribution in [1.82, 2.24) is 14.8 Å². The first-order valence-electron chi connectivity index (χ1n) is 5.73. The summed E-state index contributed by atoms with van der Waals surface area (Å²) >= 11 is 1.50. The zero-order valence-corrected chi connectivity index (χ0v) is 11.0. The molecule has 7 heteroatoms. The third kappa shape index (κ3) is 3.92. The fourth-order valence-electron chi connectivity index (χ4n) is 1.48. The van der Waals surface area contributed by atoms with Crippen LogP contribution < -0.4 is 11.4 Å². The zero-order chi connectivity index (χ0) is 12.8. The molecule has 0 aliphatic rings. The van der Waals surface area contributed by atoms with E-state index in [1.807, 2.05) is 13.8 Å². The number of nitrogens with two attached hydrogens (primary N) is 1. The molecule has 0 spiro atoms. The van der Waals surface area contributed by atoms with Crippen molar-refractivity contribution >= 4 is 17.6 Å². The van der Waals surface area contributed by atoms with E-state index in [0.29, 0.717) is 18.1 Å². The van der Waals surface area contributed by atoms with Crippen molar-refractivity contribution < 1.29 is 0 Å². The van der Waals surface area contributed by atoms with Gasteiger partial charge < -0.3 is 5.73 Å². The van der Waals surface area contributed by atoms with Crippen molar-refractivity contribution in [3.8, 4) is 0 Å². The van der Waals surface area contributed by atoms with Crippen molar-refractivity contribution in [3.63, 3.8) is 0 Å². The highest BCUT2D eigenvalue weighted by molar-refractivity contribution is 7.99. The summed E-state index contributed by atoms with van der Waals surface area (Å²) < 4.78 is 1.63. The molecule has 6 nitrogen and oxygen atoms in total. The van der Waals surface area contributed by atoms with Crippen molar-refractivity contribution in [2.24, 2.45) is 5.73 Å². The van der Waals surface area contributed by atoms with Crippen LogP contribution in [0.4, 0.5) is 0 Å². The SMILES string of the molecule is CCCn1c(SC(CC)CC(=N)N)n[nH]c1=O. The minimum atomic E-state index is -0.174. The Morgan fingerprint density at radius 3 is 2.88 bits per heavy atom. The average molecular weight is 257 g/mol. The molecule has 0 aliphatic heterocycles. The lowest BCUT2D eigenvalue weighted by molar-refractivity contribution is 0.602. The maximum Gasteiger partial charge on any atom is 0.343 e. The molecule has 0 saturated carbocycles.